The summed E-state index contributed by atoms with van der Waals surface area (Å²) in [5.74, 6) is -1.05. The summed E-state index contributed by atoms with van der Waals surface area (Å²) in [6.07, 6.45) is 1.88. The van der Waals surface area contributed by atoms with Crippen LogP contribution in [0.25, 0.3) is 0 Å². The van der Waals surface area contributed by atoms with Crippen LogP contribution in [0.2, 0.25) is 5.02 Å². The number of hydrogen-bond acceptors (Lipinski definition) is 4. The molecule has 0 aromatic heterocycles. The van der Waals surface area contributed by atoms with Crippen LogP contribution < -0.4 is 5.32 Å². The van der Waals surface area contributed by atoms with Gasteiger partial charge in [0.2, 0.25) is 0 Å². The highest BCUT2D eigenvalue weighted by atomic mass is 35.5. The van der Waals surface area contributed by atoms with E-state index in [1.807, 2.05) is 0 Å². The molecule has 2 amide bonds. The van der Waals surface area contributed by atoms with Crippen molar-refractivity contribution in [2.24, 2.45) is 0 Å². The number of nitrogens with one attached hydrogen (secondary N) is 1. The smallest absolute Gasteiger partial charge is 0.313 e. The Hall–Kier alpha value is -1.63. The first-order valence-electron chi connectivity index (χ1n) is 8.31. The Morgan fingerprint density at radius 1 is 1.17 bits per heavy atom. The summed E-state index contributed by atoms with van der Waals surface area (Å²) < 4.78 is 5.36. The summed E-state index contributed by atoms with van der Waals surface area (Å²) in [6.45, 7) is 4.69. The zero-order chi connectivity index (χ0) is 16.9. The van der Waals surface area contributed by atoms with Crippen LogP contribution in [0.1, 0.15) is 12.8 Å². The van der Waals surface area contributed by atoms with Gasteiger partial charge in [-0.3, -0.25) is 14.5 Å². The fourth-order valence-electron chi connectivity index (χ4n) is 3.22. The second kappa shape index (κ2) is 7.96. The van der Waals surface area contributed by atoms with Gasteiger partial charge in [0, 0.05) is 42.9 Å². The number of likely N-dealkylation sites (tertiary alicyclic amines) is 1. The van der Waals surface area contributed by atoms with Gasteiger partial charge in [-0.1, -0.05) is 11.6 Å². The third-order valence-electron chi connectivity index (χ3n) is 4.51. The summed E-state index contributed by atoms with van der Waals surface area (Å²) in [5.41, 5.74) is 0.571. The molecule has 1 N–H and O–H groups in total. The number of halogens is 1. The first-order valence-corrected chi connectivity index (χ1v) is 8.69. The SMILES string of the molecule is O=C(Nc1ccc(Cl)cc1)C(=O)N1CCCC1CN1CCOCC1. The van der Waals surface area contributed by atoms with E-state index in [2.05, 4.69) is 10.2 Å². The largest absolute Gasteiger partial charge is 0.379 e. The zero-order valence-electron chi connectivity index (χ0n) is 13.5. The molecule has 2 fully saturated rings. The standard InChI is InChI=1S/C17H22ClN3O3/c18-13-3-5-14(6-4-13)19-16(22)17(23)21-7-1-2-15(21)12-20-8-10-24-11-9-20/h3-6,15H,1-2,7-12H2,(H,19,22). The molecule has 7 heteroatoms. The molecule has 1 aromatic carbocycles. The maximum atomic E-state index is 12.5. The predicted octanol–water partition coefficient (Wildman–Crippen LogP) is 1.60. The van der Waals surface area contributed by atoms with Crippen LogP contribution in [0.4, 0.5) is 5.69 Å². The quantitative estimate of drug-likeness (QED) is 0.840. The summed E-state index contributed by atoms with van der Waals surface area (Å²) in [5, 5.41) is 3.24. The normalized spacial score (nSPS) is 21.7. The van der Waals surface area contributed by atoms with Crippen molar-refractivity contribution in [1.29, 1.82) is 0 Å². The minimum atomic E-state index is -0.591. The molecule has 6 nitrogen and oxygen atoms in total. The number of hydrogen-bond donors (Lipinski definition) is 1. The third-order valence-corrected chi connectivity index (χ3v) is 4.76. The lowest BCUT2D eigenvalue weighted by molar-refractivity contribution is -0.144. The molecule has 3 rings (SSSR count). The van der Waals surface area contributed by atoms with Crippen LogP contribution in [0, 0.1) is 0 Å². The molecule has 2 aliphatic rings. The van der Waals surface area contributed by atoms with Crippen molar-refractivity contribution in [2.75, 3.05) is 44.7 Å². The van der Waals surface area contributed by atoms with Crippen LogP contribution in [0.3, 0.4) is 0 Å². The molecule has 1 unspecified atom stereocenters. The number of ether oxygens (including phenoxy) is 1. The van der Waals surface area contributed by atoms with E-state index in [4.69, 9.17) is 16.3 Å². The molecule has 0 saturated carbocycles. The number of anilines is 1. The zero-order valence-corrected chi connectivity index (χ0v) is 14.3. The van der Waals surface area contributed by atoms with Crippen molar-refractivity contribution in [1.82, 2.24) is 9.80 Å². The first kappa shape index (κ1) is 17.2. The molecule has 0 aliphatic carbocycles. The molecule has 0 radical (unpaired) electrons. The van der Waals surface area contributed by atoms with Crippen molar-refractivity contribution < 1.29 is 14.3 Å². The van der Waals surface area contributed by atoms with E-state index in [0.29, 0.717) is 17.3 Å². The highest BCUT2D eigenvalue weighted by molar-refractivity contribution is 6.39. The number of amides is 2. The van der Waals surface area contributed by atoms with Crippen LogP contribution in [0.5, 0.6) is 0 Å². The second-order valence-corrected chi connectivity index (χ2v) is 6.61. The number of benzene rings is 1. The Morgan fingerprint density at radius 2 is 1.88 bits per heavy atom. The fraction of sp³-hybridized carbons (Fsp3) is 0.529. The summed E-state index contributed by atoms with van der Waals surface area (Å²) in [6, 6.07) is 6.83. The number of morpholine rings is 1. The van der Waals surface area contributed by atoms with Gasteiger partial charge in [-0.2, -0.15) is 0 Å². The molecule has 2 saturated heterocycles. The minimum absolute atomic E-state index is 0.103. The van der Waals surface area contributed by atoms with Gasteiger partial charge in [0.15, 0.2) is 0 Å². The average Bonchev–Trinajstić information content (AvgIpc) is 3.05. The van der Waals surface area contributed by atoms with Gasteiger partial charge in [0.05, 0.1) is 13.2 Å². The van der Waals surface area contributed by atoms with E-state index >= 15 is 0 Å². The topological polar surface area (TPSA) is 61.9 Å². The maximum Gasteiger partial charge on any atom is 0.313 e. The lowest BCUT2D eigenvalue weighted by atomic mass is 10.2. The molecule has 24 heavy (non-hydrogen) atoms. The van der Waals surface area contributed by atoms with Crippen LogP contribution >= 0.6 is 11.6 Å². The van der Waals surface area contributed by atoms with E-state index in [-0.39, 0.29) is 6.04 Å². The predicted molar refractivity (Wildman–Crippen MR) is 92.1 cm³/mol. The Bertz CT molecular complexity index is 587. The van der Waals surface area contributed by atoms with Gasteiger partial charge >= 0.3 is 11.8 Å². The molecule has 0 bridgehead atoms. The van der Waals surface area contributed by atoms with Gasteiger partial charge in [-0.05, 0) is 37.1 Å². The highest BCUT2D eigenvalue weighted by Crippen LogP contribution is 2.20. The van der Waals surface area contributed by atoms with Gasteiger partial charge in [0.25, 0.3) is 0 Å². The average molecular weight is 352 g/mol. The van der Waals surface area contributed by atoms with E-state index in [1.165, 1.54) is 0 Å². The number of carbonyl (C=O) groups excluding carboxylic acids is 2. The molecule has 2 heterocycles. The van der Waals surface area contributed by atoms with Gasteiger partial charge in [-0.15, -0.1) is 0 Å². The van der Waals surface area contributed by atoms with E-state index < -0.39 is 11.8 Å². The number of rotatable bonds is 3. The van der Waals surface area contributed by atoms with E-state index in [1.54, 1.807) is 29.2 Å². The molecular weight excluding hydrogens is 330 g/mol. The van der Waals surface area contributed by atoms with Gasteiger partial charge in [-0.25, -0.2) is 0 Å². The van der Waals surface area contributed by atoms with E-state index in [0.717, 1.165) is 45.7 Å². The van der Waals surface area contributed by atoms with Crippen molar-refractivity contribution in [3.63, 3.8) is 0 Å². The summed E-state index contributed by atoms with van der Waals surface area (Å²) in [4.78, 5) is 28.8. The summed E-state index contributed by atoms with van der Waals surface area (Å²) in [7, 11) is 0. The lowest BCUT2D eigenvalue weighted by Crippen LogP contribution is -2.49. The van der Waals surface area contributed by atoms with Gasteiger partial charge < -0.3 is 15.0 Å². The monoisotopic (exact) mass is 351 g/mol. The highest BCUT2D eigenvalue weighted by Gasteiger charge is 2.33. The molecule has 130 valence electrons. The third kappa shape index (κ3) is 4.26. The van der Waals surface area contributed by atoms with Crippen LogP contribution in [0.15, 0.2) is 24.3 Å². The minimum Gasteiger partial charge on any atom is -0.379 e. The van der Waals surface area contributed by atoms with E-state index in [9.17, 15) is 9.59 Å². The van der Waals surface area contributed by atoms with Crippen molar-refractivity contribution in [2.45, 2.75) is 18.9 Å². The fourth-order valence-corrected chi connectivity index (χ4v) is 3.35. The van der Waals surface area contributed by atoms with Crippen molar-refractivity contribution in [3.8, 4) is 0 Å². The Balaban J connectivity index is 1.57. The Kier molecular flexibility index (Phi) is 5.71. The molecular formula is C17H22ClN3O3. The van der Waals surface area contributed by atoms with Crippen LogP contribution in [-0.2, 0) is 14.3 Å². The molecule has 1 atom stereocenters. The molecule has 2 aliphatic heterocycles. The Labute approximate surface area is 146 Å². The lowest BCUT2D eigenvalue weighted by Gasteiger charge is -2.32. The van der Waals surface area contributed by atoms with Crippen molar-refractivity contribution in [3.05, 3.63) is 29.3 Å². The first-order chi connectivity index (χ1) is 11.6. The maximum absolute atomic E-state index is 12.5. The van der Waals surface area contributed by atoms with Crippen LogP contribution in [-0.4, -0.2) is 67.0 Å². The Morgan fingerprint density at radius 3 is 2.58 bits per heavy atom. The number of carbonyl (C=O) groups is 2. The molecule has 1 aromatic rings. The second-order valence-electron chi connectivity index (χ2n) is 6.17. The number of nitrogens with zero attached hydrogens (tertiary/aromatic N) is 2. The van der Waals surface area contributed by atoms with Crippen molar-refractivity contribution >= 4 is 29.1 Å². The summed E-state index contributed by atoms with van der Waals surface area (Å²) >= 11 is 5.82. The molecule has 0 spiro atoms. The van der Waals surface area contributed by atoms with Gasteiger partial charge in [0.1, 0.15) is 0 Å².